The fourth-order valence-electron chi connectivity index (χ4n) is 2.40. The van der Waals surface area contributed by atoms with Gasteiger partial charge in [0.15, 0.2) is 0 Å². The molecule has 1 unspecified atom stereocenters. The number of aryl methyl sites for hydroxylation is 2. The van der Waals surface area contributed by atoms with Crippen LogP contribution in [-0.4, -0.2) is 18.0 Å². The summed E-state index contributed by atoms with van der Waals surface area (Å²) in [6.07, 6.45) is 0. The van der Waals surface area contributed by atoms with E-state index in [1.165, 1.54) is 0 Å². The molecule has 0 saturated heterocycles. The second-order valence-electron chi connectivity index (χ2n) is 5.40. The van der Waals surface area contributed by atoms with Gasteiger partial charge in [0, 0.05) is 12.8 Å². The van der Waals surface area contributed by atoms with Crippen LogP contribution < -0.4 is 5.32 Å². The highest BCUT2D eigenvalue weighted by molar-refractivity contribution is 5.95. The normalized spacial score (nSPS) is 12.0. The average molecular weight is 298 g/mol. The smallest absolute Gasteiger partial charge is 0.253 e. The van der Waals surface area contributed by atoms with E-state index in [0.717, 1.165) is 22.5 Å². The van der Waals surface area contributed by atoms with E-state index in [0.29, 0.717) is 12.2 Å². The number of amides is 1. The van der Waals surface area contributed by atoms with Gasteiger partial charge in [-0.2, -0.15) is 0 Å². The van der Waals surface area contributed by atoms with E-state index in [-0.39, 0.29) is 11.9 Å². The standard InChI is InChI=1S/C18H22N2O2/c1-12(15-8-6-5-7-9-15)20-18(21)17-10-16(11-22-4)13(2)19-14(17)3/h5-10,12H,11H2,1-4H3,(H,20,21). The van der Waals surface area contributed by atoms with Gasteiger partial charge in [0.1, 0.15) is 0 Å². The third-order valence-electron chi connectivity index (χ3n) is 3.70. The van der Waals surface area contributed by atoms with Crippen LogP contribution in [0.15, 0.2) is 36.4 Å². The van der Waals surface area contributed by atoms with Crippen LogP contribution in [0, 0.1) is 13.8 Å². The van der Waals surface area contributed by atoms with Crippen LogP contribution in [0.4, 0.5) is 0 Å². The molecule has 0 spiro atoms. The number of pyridine rings is 1. The maximum Gasteiger partial charge on any atom is 0.253 e. The van der Waals surface area contributed by atoms with Gasteiger partial charge >= 0.3 is 0 Å². The minimum atomic E-state index is -0.112. The molecule has 0 aliphatic rings. The molecule has 1 aromatic carbocycles. The molecule has 2 rings (SSSR count). The number of carbonyl (C=O) groups is 1. The van der Waals surface area contributed by atoms with Gasteiger partial charge in [-0.05, 0) is 38.0 Å². The summed E-state index contributed by atoms with van der Waals surface area (Å²) >= 11 is 0. The lowest BCUT2D eigenvalue weighted by molar-refractivity contribution is 0.0938. The highest BCUT2D eigenvalue weighted by Crippen LogP contribution is 2.16. The summed E-state index contributed by atoms with van der Waals surface area (Å²) in [5.41, 5.74) is 4.24. The number of hydrogen-bond acceptors (Lipinski definition) is 3. The van der Waals surface area contributed by atoms with E-state index in [4.69, 9.17) is 4.74 Å². The minimum absolute atomic E-state index is 0.0553. The molecule has 1 atom stereocenters. The molecular weight excluding hydrogens is 276 g/mol. The Balaban J connectivity index is 2.20. The first-order valence-corrected chi connectivity index (χ1v) is 7.34. The van der Waals surface area contributed by atoms with Crippen LogP contribution in [0.3, 0.4) is 0 Å². The van der Waals surface area contributed by atoms with E-state index < -0.39 is 0 Å². The maximum absolute atomic E-state index is 12.5. The second-order valence-corrected chi connectivity index (χ2v) is 5.40. The summed E-state index contributed by atoms with van der Waals surface area (Å²) in [7, 11) is 1.64. The molecule has 1 amide bonds. The largest absolute Gasteiger partial charge is 0.380 e. The van der Waals surface area contributed by atoms with Gasteiger partial charge in [-0.1, -0.05) is 30.3 Å². The number of methoxy groups -OCH3 is 1. The predicted molar refractivity (Wildman–Crippen MR) is 86.7 cm³/mol. The van der Waals surface area contributed by atoms with Crippen molar-refractivity contribution in [3.05, 3.63) is 64.5 Å². The maximum atomic E-state index is 12.5. The lowest BCUT2D eigenvalue weighted by Gasteiger charge is -2.16. The fourth-order valence-corrected chi connectivity index (χ4v) is 2.40. The first-order chi connectivity index (χ1) is 10.5. The number of hydrogen-bond donors (Lipinski definition) is 1. The first-order valence-electron chi connectivity index (χ1n) is 7.34. The summed E-state index contributed by atoms with van der Waals surface area (Å²) < 4.78 is 5.16. The zero-order chi connectivity index (χ0) is 16.1. The molecule has 0 aliphatic heterocycles. The van der Waals surface area contributed by atoms with Crippen molar-refractivity contribution in [3.8, 4) is 0 Å². The Hall–Kier alpha value is -2.20. The molecule has 4 heteroatoms. The lowest BCUT2D eigenvalue weighted by atomic mass is 10.1. The number of nitrogens with zero attached hydrogens (tertiary/aromatic N) is 1. The molecule has 116 valence electrons. The van der Waals surface area contributed by atoms with Gasteiger partial charge in [0.2, 0.25) is 0 Å². The molecule has 1 aromatic heterocycles. The summed E-state index contributed by atoms with van der Waals surface area (Å²) in [6.45, 7) is 6.20. The van der Waals surface area contributed by atoms with Crippen molar-refractivity contribution >= 4 is 5.91 Å². The van der Waals surface area contributed by atoms with Gasteiger partial charge in [0.05, 0.1) is 23.9 Å². The van der Waals surface area contributed by atoms with E-state index in [1.54, 1.807) is 7.11 Å². The number of aromatic nitrogens is 1. The van der Waals surface area contributed by atoms with Crippen molar-refractivity contribution in [1.82, 2.24) is 10.3 Å². The summed E-state index contributed by atoms with van der Waals surface area (Å²) in [5, 5.41) is 3.02. The highest BCUT2D eigenvalue weighted by atomic mass is 16.5. The molecule has 2 aromatic rings. The Morgan fingerprint density at radius 2 is 1.91 bits per heavy atom. The zero-order valence-electron chi connectivity index (χ0n) is 13.5. The molecule has 0 aliphatic carbocycles. The molecule has 0 radical (unpaired) electrons. The summed E-state index contributed by atoms with van der Waals surface area (Å²) in [5.74, 6) is -0.112. The number of rotatable bonds is 5. The van der Waals surface area contributed by atoms with Crippen LogP contribution in [0.5, 0.6) is 0 Å². The number of carbonyl (C=O) groups excluding carboxylic acids is 1. The monoisotopic (exact) mass is 298 g/mol. The van der Waals surface area contributed by atoms with Crippen LogP contribution in [0.2, 0.25) is 0 Å². The SMILES string of the molecule is COCc1cc(C(=O)NC(C)c2ccccc2)c(C)nc1C. The summed E-state index contributed by atoms with van der Waals surface area (Å²) in [4.78, 5) is 17.0. The van der Waals surface area contributed by atoms with Gasteiger partial charge in [-0.25, -0.2) is 0 Å². The van der Waals surface area contributed by atoms with E-state index >= 15 is 0 Å². The van der Waals surface area contributed by atoms with Gasteiger partial charge in [-0.3, -0.25) is 9.78 Å². The van der Waals surface area contributed by atoms with Crippen molar-refractivity contribution in [2.45, 2.75) is 33.4 Å². The van der Waals surface area contributed by atoms with Crippen molar-refractivity contribution in [3.63, 3.8) is 0 Å². The quantitative estimate of drug-likeness (QED) is 0.921. The van der Waals surface area contributed by atoms with E-state index in [1.807, 2.05) is 57.2 Å². The first kappa shape index (κ1) is 16.2. The molecule has 4 nitrogen and oxygen atoms in total. The molecule has 0 bridgehead atoms. The van der Waals surface area contributed by atoms with Crippen molar-refractivity contribution < 1.29 is 9.53 Å². The molecule has 1 N–H and O–H groups in total. The Labute approximate surface area is 131 Å². The van der Waals surface area contributed by atoms with Crippen molar-refractivity contribution in [1.29, 1.82) is 0 Å². The number of ether oxygens (including phenoxy) is 1. The topological polar surface area (TPSA) is 51.2 Å². The van der Waals surface area contributed by atoms with E-state index in [2.05, 4.69) is 10.3 Å². The van der Waals surface area contributed by atoms with Crippen LogP contribution in [0.25, 0.3) is 0 Å². The summed E-state index contributed by atoms with van der Waals surface area (Å²) in [6, 6.07) is 11.7. The Bertz CT molecular complexity index is 654. The third-order valence-corrected chi connectivity index (χ3v) is 3.70. The second kappa shape index (κ2) is 7.18. The number of nitrogens with one attached hydrogen (secondary N) is 1. The molecular formula is C18H22N2O2. The number of benzene rings is 1. The predicted octanol–water partition coefficient (Wildman–Crippen LogP) is 3.34. The average Bonchev–Trinajstić information content (AvgIpc) is 2.50. The van der Waals surface area contributed by atoms with Crippen molar-refractivity contribution in [2.24, 2.45) is 0 Å². The van der Waals surface area contributed by atoms with Crippen LogP contribution in [0.1, 0.15) is 45.8 Å². The highest BCUT2D eigenvalue weighted by Gasteiger charge is 2.16. The third kappa shape index (κ3) is 3.71. The molecule has 1 heterocycles. The zero-order valence-corrected chi connectivity index (χ0v) is 13.5. The molecule has 22 heavy (non-hydrogen) atoms. The molecule has 0 saturated carbocycles. The Kier molecular flexibility index (Phi) is 5.28. The molecule has 0 fully saturated rings. The van der Waals surface area contributed by atoms with Gasteiger partial charge in [0.25, 0.3) is 5.91 Å². The van der Waals surface area contributed by atoms with Crippen LogP contribution in [-0.2, 0) is 11.3 Å². The van der Waals surface area contributed by atoms with Crippen molar-refractivity contribution in [2.75, 3.05) is 7.11 Å². The fraction of sp³-hybridized carbons (Fsp3) is 0.333. The van der Waals surface area contributed by atoms with Gasteiger partial charge < -0.3 is 10.1 Å². The Morgan fingerprint density at radius 1 is 1.23 bits per heavy atom. The van der Waals surface area contributed by atoms with E-state index in [9.17, 15) is 4.79 Å². The Morgan fingerprint density at radius 3 is 2.55 bits per heavy atom. The lowest BCUT2D eigenvalue weighted by Crippen LogP contribution is -2.27. The van der Waals surface area contributed by atoms with Gasteiger partial charge in [-0.15, -0.1) is 0 Å². The minimum Gasteiger partial charge on any atom is -0.380 e. The van der Waals surface area contributed by atoms with Crippen LogP contribution >= 0.6 is 0 Å².